The Morgan fingerprint density at radius 2 is 2.25 bits per heavy atom. The highest BCUT2D eigenvalue weighted by Gasteiger charge is 2.53. The second kappa shape index (κ2) is 6.78. The van der Waals surface area contributed by atoms with Gasteiger partial charge >= 0.3 is 5.97 Å². The van der Waals surface area contributed by atoms with Gasteiger partial charge in [0.2, 0.25) is 0 Å². The number of benzene rings is 1. The summed E-state index contributed by atoms with van der Waals surface area (Å²) in [7, 11) is 3.84. The van der Waals surface area contributed by atoms with Gasteiger partial charge in [0, 0.05) is 25.1 Å². The average molecular weight is 385 g/mol. The highest BCUT2D eigenvalue weighted by Crippen LogP contribution is 2.55. The standard InChI is InChI=1S/C22H27NO5/c1-23-10-9-22-8-7-15(27-21(24)17-4-3-11-26-17)12-18(22)28-20-16(25-2)6-5-14(13-23)19(20)22/h5-8,15,17-18H,3-4,9-13H2,1-2H3/t15-,17?,18?,22-/m0/s1. The largest absolute Gasteiger partial charge is 0.493 e. The van der Waals surface area contributed by atoms with E-state index in [1.807, 2.05) is 6.07 Å². The van der Waals surface area contributed by atoms with Gasteiger partial charge in [-0.3, -0.25) is 0 Å². The topological polar surface area (TPSA) is 57.2 Å². The van der Waals surface area contributed by atoms with Crippen LogP contribution in [0.4, 0.5) is 0 Å². The summed E-state index contributed by atoms with van der Waals surface area (Å²) in [5, 5.41) is 0. The third kappa shape index (κ3) is 2.73. The van der Waals surface area contributed by atoms with Crippen molar-refractivity contribution in [3.8, 4) is 11.5 Å². The molecule has 3 aliphatic heterocycles. The third-order valence-corrected chi connectivity index (χ3v) is 6.59. The first-order chi connectivity index (χ1) is 13.6. The normalized spacial score (nSPS) is 33.6. The summed E-state index contributed by atoms with van der Waals surface area (Å²) in [6, 6.07) is 4.15. The molecule has 0 amide bonds. The number of carbonyl (C=O) groups excluding carboxylic acids is 1. The van der Waals surface area contributed by atoms with E-state index in [9.17, 15) is 4.79 Å². The number of hydrogen-bond donors (Lipinski definition) is 0. The molecule has 0 N–H and O–H groups in total. The van der Waals surface area contributed by atoms with Crippen molar-refractivity contribution in [2.45, 2.75) is 56.0 Å². The second-order valence-corrected chi connectivity index (χ2v) is 8.34. The van der Waals surface area contributed by atoms with Crippen LogP contribution in [0.2, 0.25) is 0 Å². The molecule has 4 aliphatic rings. The van der Waals surface area contributed by atoms with Crippen molar-refractivity contribution < 1.29 is 23.7 Å². The molecule has 28 heavy (non-hydrogen) atoms. The van der Waals surface area contributed by atoms with Gasteiger partial charge in [-0.25, -0.2) is 4.79 Å². The van der Waals surface area contributed by atoms with E-state index >= 15 is 0 Å². The first-order valence-corrected chi connectivity index (χ1v) is 10.2. The fourth-order valence-electron chi connectivity index (χ4n) is 5.14. The van der Waals surface area contributed by atoms with E-state index in [1.165, 1.54) is 11.1 Å². The first-order valence-electron chi connectivity index (χ1n) is 10.2. The van der Waals surface area contributed by atoms with Crippen LogP contribution >= 0.6 is 0 Å². The zero-order valence-electron chi connectivity index (χ0n) is 16.5. The van der Waals surface area contributed by atoms with Gasteiger partial charge in [0.15, 0.2) is 17.6 Å². The maximum absolute atomic E-state index is 12.4. The lowest BCUT2D eigenvalue weighted by Gasteiger charge is -2.37. The smallest absolute Gasteiger partial charge is 0.335 e. The molecule has 1 saturated heterocycles. The van der Waals surface area contributed by atoms with Crippen LogP contribution in [0.5, 0.6) is 11.5 Å². The maximum Gasteiger partial charge on any atom is 0.335 e. The second-order valence-electron chi connectivity index (χ2n) is 8.34. The quantitative estimate of drug-likeness (QED) is 0.589. The molecule has 1 fully saturated rings. The summed E-state index contributed by atoms with van der Waals surface area (Å²) >= 11 is 0. The van der Waals surface area contributed by atoms with E-state index in [4.69, 9.17) is 18.9 Å². The molecule has 6 heteroatoms. The van der Waals surface area contributed by atoms with Crippen molar-refractivity contribution in [2.75, 3.05) is 27.3 Å². The molecule has 6 nitrogen and oxygen atoms in total. The van der Waals surface area contributed by atoms with E-state index < -0.39 is 6.10 Å². The Labute approximate surface area is 165 Å². The van der Waals surface area contributed by atoms with Crippen LogP contribution in [0.25, 0.3) is 0 Å². The fourth-order valence-corrected chi connectivity index (χ4v) is 5.14. The number of esters is 1. The molecule has 4 atom stereocenters. The van der Waals surface area contributed by atoms with Gasteiger partial charge in [0.1, 0.15) is 12.2 Å². The minimum atomic E-state index is -0.413. The molecule has 0 bridgehead atoms. The summed E-state index contributed by atoms with van der Waals surface area (Å²) in [6.07, 6.45) is 6.81. The molecular formula is C22H27NO5. The highest BCUT2D eigenvalue weighted by atomic mass is 16.6. The first kappa shape index (κ1) is 18.0. The highest BCUT2D eigenvalue weighted by molar-refractivity contribution is 5.75. The van der Waals surface area contributed by atoms with Gasteiger partial charge in [0.05, 0.1) is 12.5 Å². The molecule has 2 unspecified atom stereocenters. The predicted octanol–water partition coefficient (Wildman–Crippen LogP) is 2.58. The number of hydrogen-bond acceptors (Lipinski definition) is 6. The molecule has 1 aromatic carbocycles. The van der Waals surface area contributed by atoms with Gasteiger partial charge in [-0.05, 0) is 50.6 Å². The van der Waals surface area contributed by atoms with Crippen LogP contribution in [-0.4, -0.2) is 56.5 Å². The predicted molar refractivity (Wildman–Crippen MR) is 103 cm³/mol. The van der Waals surface area contributed by atoms with Crippen LogP contribution in [0.1, 0.15) is 36.8 Å². The van der Waals surface area contributed by atoms with Gasteiger partial charge in [-0.1, -0.05) is 12.1 Å². The lowest BCUT2D eigenvalue weighted by Crippen LogP contribution is -2.44. The molecule has 3 heterocycles. The van der Waals surface area contributed by atoms with Gasteiger partial charge < -0.3 is 23.8 Å². The summed E-state index contributed by atoms with van der Waals surface area (Å²) < 4.78 is 23.3. The molecule has 0 radical (unpaired) electrons. The minimum Gasteiger partial charge on any atom is -0.493 e. The average Bonchev–Trinajstić information content (AvgIpc) is 3.30. The Morgan fingerprint density at radius 1 is 1.36 bits per heavy atom. The Bertz CT molecular complexity index is 815. The Kier molecular flexibility index (Phi) is 4.36. The molecule has 1 aliphatic carbocycles. The van der Waals surface area contributed by atoms with E-state index in [0.717, 1.165) is 43.9 Å². The molecule has 5 rings (SSSR count). The van der Waals surface area contributed by atoms with E-state index in [2.05, 4.69) is 30.2 Å². The monoisotopic (exact) mass is 385 g/mol. The van der Waals surface area contributed by atoms with Crippen molar-refractivity contribution in [3.63, 3.8) is 0 Å². The molecule has 150 valence electrons. The molecule has 1 spiro atoms. The summed E-state index contributed by atoms with van der Waals surface area (Å²) in [4.78, 5) is 14.7. The molecular weight excluding hydrogens is 358 g/mol. The third-order valence-electron chi connectivity index (χ3n) is 6.59. The van der Waals surface area contributed by atoms with Gasteiger partial charge in [-0.2, -0.15) is 0 Å². The van der Waals surface area contributed by atoms with Crippen LogP contribution in [0.15, 0.2) is 24.3 Å². The van der Waals surface area contributed by atoms with Crippen LogP contribution in [-0.2, 0) is 26.2 Å². The van der Waals surface area contributed by atoms with Gasteiger partial charge in [0.25, 0.3) is 0 Å². The number of ether oxygens (including phenoxy) is 4. The Balaban J connectivity index is 1.46. The van der Waals surface area contributed by atoms with Crippen molar-refractivity contribution in [2.24, 2.45) is 0 Å². The Hall–Kier alpha value is -2.05. The van der Waals surface area contributed by atoms with Crippen LogP contribution < -0.4 is 9.47 Å². The fraction of sp³-hybridized carbons (Fsp3) is 0.591. The van der Waals surface area contributed by atoms with Crippen molar-refractivity contribution in [1.29, 1.82) is 0 Å². The maximum atomic E-state index is 12.4. The van der Waals surface area contributed by atoms with Gasteiger partial charge in [-0.15, -0.1) is 0 Å². The molecule has 1 aromatic rings. The van der Waals surface area contributed by atoms with Crippen molar-refractivity contribution in [3.05, 3.63) is 35.4 Å². The number of nitrogens with zero attached hydrogens (tertiary/aromatic N) is 1. The Morgan fingerprint density at radius 3 is 3.04 bits per heavy atom. The summed E-state index contributed by atoms with van der Waals surface area (Å²) in [5.41, 5.74) is 2.36. The molecule has 0 saturated carbocycles. The van der Waals surface area contributed by atoms with Crippen molar-refractivity contribution >= 4 is 5.97 Å². The number of carbonyl (C=O) groups is 1. The zero-order chi connectivity index (χ0) is 19.3. The van der Waals surface area contributed by atoms with Crippen LogP contribution in [0, 0.1) is 0 Å². The lowest BCUT2D eigenvalue weighted by molar-refractivity contribution is -0.159. The number of methoxy groups -OCH3 is 1. The van der Waals surface area contributed by atoms with E-state index in [0.29, 0.717) is 13.0 Å². The minimum absolute atomic E-state index is 0.0589. The summed E-state index contributed by atoms with van der Waals surface area (Å²) in [6.45, 7) is 2.52. The SMILES string of the molecule is COc1ccc2c3c1OC1C[C@@H](OC(=O)C4CCCO4)C=C[C@@]31CCN(C)C2. The van der Waals surface area contributed by atoms with E-state index in [-0.39, 0.29) is 23.6 Å². The van der Waals surface area contributed by atoms with Crippen molar-refractivity contribution in [1.82, 2.24) is 4.90 Å². The summed E-state index contributed by atoms with van der Waals surface area (Å²) in [5.74, 6) is 1.38. The number of rotatable bonds is 3. The molecule has 0 aromatic heterocycles. The lowest BCUT2D eigenvalue weighted by atomic mass is 9.69. The van der Waals surface area contributed by atoms with Crippen LogP contribution in [0.3, 0.4) is 0 Å². The van der Waals surface area contributed by atoms with E-state index in [1.54, 1.807) is 7.11 Å². The zero-order valence-corrected chi connectivity index (χ0v) is 16.5.